The Morgan fingerprint density at radius 3 is 2.56 bits per heavy atom. The number of halogens is 3. The molecule has 186 valence electrons. The zero-order valence-electron chi connectivity index (χ0n) is 18.2. The van der Waals surface area contributed by atoms with Gasteiger partial charge in [0.05, 0.1) is 24.8 Å². The van der Waals surface area contributed by atoms with E-state index in [9.17, 15) is 17.7 Å². The van der Waals surface area contributed by atoms with Gasteiger partial charge in [-0.2, -0.15) is 18.3 Å². The molecule has 0 saturated carbocycles. The number of alkyl halides is 3. The fourth-order valence-electron chi connectivity index (χ4n) is 2.73. The molecule has 1 atom stereocenters. The molecule has 34 heavy (non-hydrogen) atoms. The van der Waals surface area contributed by atoms with Crippen LogP contribution in [0.1, 0.15) is 23.1 Å². The molecule has 4 N–H and O–H groups in total. The summed E-state index contributed by atoms with van der Waals surface area (Å²) in [5.74, 6) is -0.273. The Morgan fingerprint density at radius 2 is 1.94 bits per heavy atom. The smallest absolute Gasteiger partial charge is 0.469 e. The maximum atomic E-state index is 13.7. The van der Waals surface area contributed by atoms with Gasteiger partial charge in [0.15, 0.2) is 0 Å². The molecule has 0 bridgehead atoms. The van der Waals surface area contributed by atoms with Crippen molar-refractivity contribution in [3.63, 3.8) is 0 Å². The molecule has 0 aliphatic carbocycles. The molecule has 2 aromatic rings. The lowest BCUT2D eigenvalue weighted by atomic mass is 10.1. The van der Waals surface area contributed by atoms with Crippen LogP contribution >= 0.6 is 19.6 Å². The number of thioether (sulfide) groups is 1. The number of nitrogens with zero attached hydrogens (tertiary/aromatic N) is 2. The SMILES string of the molecule is CS/C(=N\N=C\C(N)COP(=O)(O)O)c1ccc(OCCCc2ccccc2)c(C(F)(F)F)c1. The summed E-state index contributed by atoms with van der Waals surface area (Å²) in [5.41, 5.74) is 5.91. The van der Waals surface area contributed by atoms with E-state index in [2.05, 4.69) is 14.7 Å². The number of phosphoric acid groups is 1. The third kappa shape index (κ3) is 9.96. The first-order valence-electron chi connectivity index (χ1n) is 9.98. The monoisotopic (exact) mass is 519 g/mol. The van der Waals surface area contributed by atoms with E-state index in [-0.39, 0.29) is 23.0 Å². The molecule has 0 saturated heterocycles. The Morgan fingerprint density at radius 1 is 1.24 bits per heavy atom. The highest BCUT2D eigenvalue weighted by Gasteiger charge is 2.35. The third-order valence-electron chi connectivity index (χ3n) is 4.28. The first-order valence-corrected chi connectivity index (χ1v) is 12.7. The molecule has 0 spiro atoms. The van der Waals surface area contributed by atoms with Gasteiger partial charge >= 0.3 is 14.0 Å². The number of aryl methyl sites for hydroxylation is 1. The lowest BCUT2D eigenvalue weighted by Gasteiger charge is -2.15. The lowest BCUT2D eigenvalue weighted by molar-refractivity contribution is -0.139. The molecule has 0 amide bonds. The number of hydrogen-bond acceptors (Lipinski definition) is 7. The van der Waals surface area contributed by atoms with Gasteiger partial charge in [0, 0.05) is 11.8 Å². The van der Waals surface area contributed by atoms with Crippen molar-refractivity contribution in [2.24, 2.45) is 15.9 Å². The van der Waals surface area contributed by atoms with Crippen molar-refractivity contribution in [3.05, 3.63) is 65.2 Å². The van der Waals surface area contributed by atoms with Crippen molar-refractivity contribution in [1.29, 1.82) is 0 Å². The van der Waals surface area contributed by atoms with E-state index >= 15 is 0 Å². The van der Waals surface area contributed by atoms with Gasteiger partial charge in [-0.05, 0) is 42.9 Å². The van der Waals surface area contributed by atoms with Crippen molar-refractivity contribution in [2.75, 3.05) is 19.5 Å². The quantitative estimate of drug-likeness (QED) is 0.133. The van der Waals surface area contributed by atoms with Crippen LogP contribution in [0.4, 0.5) is 13.2 Å². The van der Waals surface area contributed by atoms with Crippen LogP contribution in [-0.2, 0) is 21.7 Å². The van der Waals surface area contributed by atoms with Crippen molar-refractivity contribution in [3.8, 4) is 5.75 Å². The molecule has 13 heteroatoms. The normalized spacial score (nSPS) is 13.9. The molecule has 0 fully saturated rings. The second-order valence-electron chi connectivity index (χ2n) is 6.97. The Kier molecular flexibility index (Phi) is 10.7. The van der Waals surface area contributed by atoms with E-state index in [0.717, 1.165) is 29.6 Å². The lowest BCUT2D eigenvalue weighted by Crippen LogP contribution is -2.27. The summed E-state index contributed by atoms with van der Waals surface area (Å²) in [7, 11) is -4.68. The molecule has 0 aliphatic rings. The molecule has 1 unspecified atom stereocenters. The van der Waals surface area contributed by atoms with Gasteiger partial charge in [0.1, 0.15) is 10.8 Å². The van der Waals surface area contributed by atoms with Crippen LogP contribution in [0.5, 0.6) is 5.75 Å². The molecule has 0 aromatic heterocycles. The molecular formula is C21H25F3N3O5PS. The summed E-state index contributed by atoms with van der Waals surface area (Å²) in [6.07, 6.45) is -0.711. The van der Waals surface area contributed by atoms with Crippen molar-refractivity contribution in [2.45, 2.75) is 25.1 Å². The predicted octanol–water partition coefficient (Wildman–Crippen LogP) is 4.25. The fourth-order valence-corrected chi connectivity index (χ4v) is 3.59. The van der Waals surface area contributed by atoms with E-state index in [1.807, 2.05) is 30.3 Å². The minimum absolute atomic E-state index is 0.125. The number of rotatable bonds is 11. The Labute approximate surface area is 199 Å². The highest BCUT2D eigenvalue weighted by atomic mass is 32.2. The van der Waals surface area contributed by atoms with Gasteiger partial charge in [-0.3, -0.25) is 4.52 Å². The van der Waals surface area contributed by atoms with Crippen LogP contribution < -0.4 is 10.5 Å². The van der Waals surface area contributed by atoms with Crippen molar-refractivity contribution in [1.82, 2.24) is 0 Å². The number of benzene rings is 2. The molecular weight excluding hydrogens is 494 g/mol. The minimum Gasteiger partial charge on any atom is -0.493 e. The number of phosphoric ester groups is 1. The van der Waals surface area contributed by atoms with Crippen molar-refractivity contribution >= 4 is 30.8 Å². The maximum Gasteiger partial charge on any atom is 0.469 e. The first-order chi connectivity index (χ1) is 16.0. The maximum absolute atomic E-state index is 13.7. The second-order valence-corrected chi connectivity index (χ2v) is 9.00. The first kappa shape index (κ1) is 28.0. The van der Waals surface area contributed by atoms with Crippen LogP contribution in [0.25, 0.3) is 0 Å². The average molecular weight is 519 g/mol. The topological polar surface area (TPSA) is 127 Å². The van der Waals surface area contributed by atoms with Gasteiger partial charge < -0.3 is 20.3 Å². The molecule has 0 aliphatic heterocycles. The number of hydrogen-bond donors (Lipinski definition) is 3. The minimum atomic E-state index is -4.68. The van der Waals surface area contributed by atoms with E-state index in [1.54, 1.807) is 6.26 Å². The molecule has 8 nitrogen and oxygen atoms in total. The van der Waals surface area contributed by atoms with Crippen LogP contribution in [0, 0.1) is 0 Å². The van der Waals surface area contributed by atoms with E-state index in [0.29, 0.717) is 12.8 Å². The fraction of sp³-hybridized carbons (Fsp3) is 0.333. The number of nitrogens with two attached hydrogens (primary N) is 1. The molecule has 0 radical (unpaired) electrons. The summed E-state index contributed by atoms with van der Waals surface area (Å²) in [4.78, 5) is 17.3. The van der Waals surface area contributed by atoms with E-state index in [4.69, 9.17) is 20.3 Å². The second kappa shape index (κ2) is 13.0. The Balaban J connectivity index is 2.09. The summed E-state index contributed by atoms with van der Waals surface area (Å²) < 4.78 is 61.3. The summed E-state index contributed by atoms with van der Waals surface area (Å²) in [5, 5.41) is 7.75. The predicted molar refractivity (Wildman–Crippen MR) is 126 cm³/mol. The summed E-state index contributed by atoms with van der Waals surface area (Å²) in [6.45, 7) is -0.383. The van der Waals surface area contributed by atoms with Crippen LogP contribution in [0.15, 0.2) is 58.7 Å². The van der Waals surface area contributed by atoms with Gasteiger partial charge in [-0.15, -0.1) is 16.9 Å². The van der Waals surface area contributed by atoms with E-state index < -0.39 is 32.2 Å². The van der Waals surface area contributed by atoms with E-state index in [1.165, 1.54) is 12.1 Å². The zero-order valence-corrected chi connectivity index (χ0v) is 19.9. The highest BCUT2D eigenvalue weighted by Crippen LogP contribution is 2.37. The third-order valence-corrected chi connectivity index (χ3v) is 5.47. The molecule has 0 heterocycles. The van der Waals surface area contributed by atoms with Gasteiger partial charge in [0.2, 0.25) is 0 Å². The van der Waals surface area contributed by atoms with Crippen LogP contribution in [0.3, 0.4) is 0 Å². The molecule has 2 rings (SSSR count). The molecule has 2 aromatic carbocycles. The van der Waals surface area contributed by atoms with Gasteiger partial charge in [-0.25, -0.2) is 4.57 Å². The van der Waals surface area contributed by atoms with Crippen LogP contribution in [0.2, 0.25) is 0 Å². The average Bonchev–Trinajstić information content (AvgIpc) is 2.78. The standard InChI is InChI=1S/C21H25F3N3O5PS/c1-34-20(27-26-13-17(25)14-32-33(28,29)30)16-9-10-19(18(12-16)21(22,23)24)31-11-5-8-15-6-3-2-4-7-15/h2-4,6-7,9-10,12-13,17H,5,8,11,14,25H2,1H3,(H2,28,29,30)/b26-13+,27-20-. The highest BCUT2D eigenvalue weighted by molar-refractivity contribution is 8.13. The zero-order chi connectivity index (χ0) is 25.2. The number of ether oxygens (including phenoxy) is 1. The summed E-state index contributed by atoms with van der Waals surface area (Å²) in [6, 6.07) is 12.2. The Hall–Kier alpha value is -2.21. The summed E-state index contributed by atoms with van der Waals surface area (Å²) >= 11 is 1.07. The van der Waals surface area contributed by atoms with Gasteiger partial charge in [0.25, 0.3) is 0 Å². The van der Waals surface area contributed by atoms with Gasteiger partial charge in [-0.1, -0.05) is 30.3 Å². The van der Waals surface area contributed by atoms with Crippen molar-refractivity contribution < 1.29 is 36.8 Å². The Bertz CT molecular complexity index is 1030. The largest absolute Gasteiger partial charge is 0.493 e. The van der Waals surface area contributed by atoms with Crippen LogP contribution in [-0.4, -0.2) is 46.6 Å².